The van der Waals surface area contributed by atoms with Crippen LogP contribution in [0.3, 0.4) is 0 Å². The van der Waals surface area contributed by atoms with Gasteiger partial charge in [0.2, 0.25) is 11.8 Å². The van der Waals surface area contributed by atoms with E-state index < -0.39 is 17.7 Å². The van der Waals surface area contributed by atoms with Gasteiger partial charge in [-0.3, -0.25) is 14.5 Å². The van der Waals surface area contributed by atoms with Crippen LogP contribution in [0.5, 0.6) is 11.5 Å². The van der Waals surface area contributed by atoms with Crippen LogP contribution in [0, 0.1) is 5.92 Å². The quantitative estimate of drug-likeness (QED) is 0.426. The van der Waals surface area contributed by atoms with Crippen LogP contribution in [0.1, 0.15) is 51.0 Å². The Balaban J connectivity index is 0.00000387. The second-order valence-electron chi connectivity index (χ2n) is 11.2. The van der Waals surface area contributed by atoms with Crippen molar-refractivity contribution in [1.29, 1.82) is 0 Å². The van der Waals surface area contributed by atoms with Crippen LogP contribution < -0.4 is 10.1 Å². The molecule has 0 aromatic heterocycles. The lowest BCUT2D eigenvalue weighted by Gasteiger charge is -2.52. The molecule has 3 saturated heterocycles. The van der Waals surface area contributed by atoms with E-state index in [1.165, 1.54) is 0 Å². The van der Waals surface area contributed by atoms with E-state index in [1.807, 2.05) is 29.2 Å². The van der Waals surface area contributed by atoms with Crippen molar-refractivity contribution in [2.75, 3.05) is 32.8 Å². The second-order valence-corrected chi connectivity index (χ2v) is 11.7. The number of piperazine rings is 1. The molecular weight excluding hydrogens is 565 g/mol. The number of aliphatic hydroxyl groups is 1. The summed E-state index contributed by atoms with van der Waals surface area (Å²) in [4.78, 5) is 31.6. The first-order valence-electron chi connectivity index (χ1n) is 14.5. The van der Waals surface area contributed by atoms with Gasteiger partial charge in [0.25, 0.3) is 0 Å². The molecule has 0 bridgehead atoms. The van der Waals surface area contributed by atoms with E-state index in [4.69, 9.17) is 21.1 Å². The van der Waals surface area contributed by atoms with Gasteiger partial charge in [0, 0.05) is 44.4 Å². The number of rotatable bonds is 9. The van der Waals surface area contributed by atoms with Gasteiger partial charge in [0.1, 0.15) is 23.1 Å². The summed E-state index contributed by atoms with van der Waals surface area (Å²) < 4.78 is 11.3. The molecule has 3 aliphatic heterocycles. The van der Waals surface area contributed by atoms with E-state index in [0.717, 1.165) is 36.4 Å². The van der Waals surface area contributed by atoms with Gasteiger partial charge in [-0.05, 0) is 80.0 Å². The van der Waals surface area contributed by atoms with Crippen molar-refractivity contribution in [3.8, 4) is 11.5 Å². The maximum absolute atomic E-state index is 13.8. The summed E-state index contributed by atoms with van der Waals surface area (Å²) >= 11 is 5.95. The molecule has 5 rings (SSSR count). The molecule has 2 N–H and O–H groups in total. The second kappa shape index (κ2) is 14.2. The molecule has 0 saturated carbocycles. The van der Waals surface area contributed by atoms with Gasteiger partial charge in [-0.2, -0.15) is 0 Å². The molecule has 10 heteroatoms. The van der Waals surface area contributed by atoms with E-state index in [0.29, 0.717) is 63.6 Å². The predicted molar refractivity (Wildman–Crippen MR) is 161 cm³/mol. The Hall–Kier alpha value is -2.36. The van der Waals surface area contributed by atoms with Crippen LogP contribution in [-0.2, 0) is 20.9 Å². The summed E-state index contributed by atoms with van der Waals surface area (Å²) in [6, 6.07) is 14.4. The summed E-state index contributed by atoms with van der Waals surface area (Å²) in [5.74, 6) is 1.17. The maximum atomic E-state index is 13.8. The number of carbonyl (C=O) groups is 2. The number of likely N-dealkylation sites (tertiary alicyclic amines) is 1. The zero-order valence-corrected chi connectivity index (χ0v) is 25.2. The van der Waals surface area contributed by atoms with Crippen LogP contribution in [0.25, 0.3) is 0 Å². The van der Waals surface area contributed by atoms with Crippen molar-refractivity contribution in [2.24, 2.45) is 5.92 Å². The number of halogens is 2. The van der Waals surface area contributed by atoms with Crippen LogP contribution in [0.15, 0.2) is 48.5 Å². The van der Waals surface area contributed by atoms with Crippen molar-refractivity contribution < 1.29 is 24.2 Å². The lowest BCUT2D eigenvalue weighted by atomic mass is 9.79. The number of nitrogens with one attached hydrogen (secondary N) is 1. The molecule has 2 aromatic rings. The summed E-state index contributed by atoms with van der Waals surface area (Å²) in [7, 11) is 0. The Kier molecular flexibility index (Phi) is 10.9. The number of aliphatic hydroxyl groups excluding tert-OH is 1. The number of ether oxygens (including phenoxy) is 2. The van der Waals surface area contributed by atoms with E-state index >= 15 is 0 Å². The fourth-order valence-electron chi connectivity index (χ4n) is 6.18. The van der Waals surface area contributed by atoms with Crippen molar-refractivity contribution >= 4 is 35.8 Å². The number of benzene rings is 2. The molecule has 41 heavy (non-hydrogen) atoms. The summed E-state index contributed by atoms with van der Waals surface area (Å²) in [6.45, 7) is 5.95. The van der Waals surface area contributed by atoms with Crippen LogP contribution >= 0.6 is 24.0 Å². The first-order chi connectivity index (χ1) is 19.4. The third-order valence-corrected chi connectivity index (χ3v) is 8.90. The van der Waals surface area contributed by atoms with Gasteiger partial charge in [-0.25, -0.2) is 0 Å². The zero-order valence-electron chi connectivity index (χ0n) is 23.6. The van der Waals surface area contributed by atoms with E-state index in [9.17, 15) is 14.7 Å². The third-order valence-electron chi connectivity index (χ3n) is 8.65. The van der Waals surface area contributed by atoms with Gasteiger partial charge >= 0.3 is 0 Å². The number of nitrogens with zero attached hydrogens (tertiary/aromatic N) is 2. The van der Waals surface area contributed by atoms with Crippen LogP contribution in [0.4, 0.5) is 0 Å². The normalized spacial score (nSPS) is 22.2. The van der Waals surface area contributed by atoms with Crippen molar-refractivity contribution in [3.63, 3.8) is 0 Å². The molecule has 0 unspecified atom stereocenters. The van der Waals surface area contributed by atoms with Crippen LogP contribution in [0.2, 0.25) is 5.02 Å². The number of amides is 2. The molecule has 2 amide bonds. The molecule has 3 heterocycles. The standard InChI is InChI=1S/C31H40ClN3O5.ClH/c1-2-3-16-35-29(37)27(28(36)23-12-19-39-20-13-23)33-30(38)31(35)14-17-34(18-15-31)21-22-4-8-25(9-5-22)40-26-10-6-24(32)7-11-26;/h4-11,23,27-28,36H,2-3,12-21H2,1H3,(H,33,38);1H/t27-,28-;/m1./s1. The average molecular weight is 607 g/mol. The highest BCUT2D eigenvalue weighted by Crippen LogP contribution is 2.36. The highest BCUT2D eigenvalue weighted by molar-refractivity contribution is 6.30. The first kappa shape index (κ1) is 31.6. The summed E-state index contributed by atoms with van der Waals surface area (Å²) in [5.41, 5.74) is 0.302. The average Bonchev–Trinajstić information content (AvgIpc) is 2.98. The van der Waals surface area contributed by atoms with Gasteiger partial charge < -0.3 is 24.8 Å². The molecular formula is C31H41Cl2N3O5. The number of hydrogen-bond acceptors (Lipinski definition) is 6. The number of carbonyl (C=O) groups excluding carboxylic acids is 2. The third kappa shape index (κ3) is 7.17. The Morgan fingerprint density at radius 1 is 1.05 bits per heavy atom. The lowest BCUT2D eigenvalue weighted by molar-refractivity contribution is -0.166. The minimum atomic E-state index is -0.895. The van der Waals surface area contributed by atoms with Crippen molar-refractivity contribution in [1.82, 2.24) is 15.1 Å². The summed E-state index contributed by atoms with van der Waals surface area (Å²) in [6.07, 6.45) is 3.41. The number of piperidine rings is 1. The lowest BCUT2D eigenvalue weighted by Crippen LogP contribution is -2.75. The first-order valence-corrected chi connectivity index (χ1v) is 14.9. The van der Waals surface area contributed by atoms with Gasteiger partial charge in [-0.1, -0.05) is 37.1 Å². The SMILES string of the molecule is CCCCN1C(=O)[C@@H]([C@H](O)C2CCOCC2)NC(=O)C12CCN(Cc1ccc(Oc3ccc(Cl)cc3)cc1)CC2.Cl. The van der Waals surface area contributed by atoms with E-state index in [2.05, 4.69) is 29.3 Å². The fourth-order valence-corrected chi connectivity index (χ4v) is 6.30. The molecule has 2 aromatic carbocycles. The molecule has 224 valence electrons. The smallest absolute Gasteiger partial charge is 0.248 e. The Labute approximate surface area is 253 Å². The largest absolute Gasteiger partial charge is 0.457 e. The topological polar surface area (TPSA) is 91.3 Å². The molecule has 3 aliphatic rings. The van der Waals surface area contributed by atoms with Crippen molar-refractivity contribution in [2.45, 2.75) is 69.7 Å². The van der Waals surface area contributed by atoms with E-state index in [-0.39, 0.29) is 30.1 Å². The predicted octanol–water partition coefficient (Wildman–Crippen LogP) is 4.80. The molecule has 8 nitrogen and oxygen atoms in total. The number of unbranched alkanes of at least 4 members (excludes halogenated alkanes) is 1. The molecule has 1 spiro atoms. The fraction of sp³-hybridized carbons (Fsp3) is 0.548. The monoisotopic (exact) mass is 605 g/mol. The molecule has 3 fully saturated rings. The summed E-state index contributed by atoms with van der Waals surface area (Å²) in [5, 5.41) is 14.7. The number of hydrogen-bond donors (Lipinski definition) is 2. The molecule has 2 atom stereocenters. The highest BCUT2D eigenvalue weighted by atomic mass is 35.5. The molecule has 0 aliphatic carbocycles. The zero-order chi connectivity index (χ0) is 28.1. The Bertz CT molecular complexity index is 1150. The Morgan fingerprint density at radius 3 is 2.27 bits per heavy atom. The van der Waals surface area contributed by atoms with Gasteiger partial charge in [0.05, 0.1) is 6.10 Å². The van der Waals surface area contributed by atoms with Gasteiger partial charge in [-0.15, -0.1) is 12.4 Å². The van der Waals surface area contributed by atoms with Crippen molar-refractivity contribution in [3.05, 3.63) is 59.1 Å². The molecule has 0 radical (unpaired) electrons. The van der Waals surface area contributed by atoms with Crippen LogP contribution in [-0.4, -0.2) is 77.3 Å². The Morgan fingerprint density at radius 2 is 1.66 bits per heavy atom. The minimum absolute atomic E-state index is 0. The van der Waals surface area contributed by atoms with E-state index in [1.54, 1.807) is 12.1 Å². The van der Waals surface area contributed by atoms with Gasteiger partial charge in [0.15, 0.2) is 0 Å². The highest BCUT2D eigenvalue weighted by Gasteiger charge is 2.55. The maximum Gasteiger partial charge on any atom is 0.248 e. The minimum Gasteiger partial charge on any atom is -0.457 e.